The minimum absolute atomic E-state index is 0.0346. The molecule has 1 heterocycles. The number of esters is 1. The number of rotatable bonds is 9. The molecule has 4 nitrogen and oxygen atoms in total. The maximum absolute atomic E-state index is 12.1. The molecule has 1 aliphatic heterocycles. The van der Waals surface area contributed by atoms with E-state index in [1.165, 1.54) is 12.8 Å². The number of carbonyl (C=O) groups excluding carboxylic acids is 1. The quantitative estimate of drug-likeness (QED) is 0.515. The Morgan fingerprint density at radius 1 is 1.23 bits per heavy atom. The Labute approximate surface area is 132 Å². The Morgan fingerprint density at radius 2 is 2.05 bits per heavy atom. The summed E-state index contributed by atoms with van der Waals surface area (Å²) in [5, 5.41) is 0. The zero-order valence-electron chi connectivity index (χ0n) is 13.6. The lowest BCUT2D eigenvalue weighted by atomic mass is 9.96. The normalized spacial score (nSPS) is 17.0. The molecular weight excluding hydrogens is 280 g/mol. The number of benzene rings is 1. The van der Waals surface area contributed by atoms with Crippen molar-refractivity contribution in [2.45, 2.75) is 51.6 Å². The highest BCUT2D eigenvalue weighted by Crippen LogP contribution is 2.26. The van der Waals surface area contributed by atoms with Gasteiger partial charge in [0.1, 0.15) is 11.9 Å². The van der Waals surface area contributed by atoms with Gasteiger partial charge in [-0.15, -0.1) is 0 Å². The molecule has 4 heteroatoms. The van der Waals surface area contributed by atoms with Crippen LogP contribution < -0.4 is 4.74 Å². The summed E-state index contributed by atoms with van der Waals surface area (Å²) in [5.74, 6) is 0.448. The first-order valence-corrected chi connectivity index (χ1v) is 8.20. The largest absolute Gasteiger partial charge is 0.497 e. The monoisotopic (exact) mass is 306 g/mol. The molecule has 122 valence electrons. The van der Waals surface area contributed by atoms with Crippen LogP contribution in [0, 0.1) is 0 Å². The molecule has 1 aromatic rings. The third kappa shape index (κ3) is 4.73. The predicted molar refractivity (Wildman–Crippen MR) is 85.5 cm³/mol. The number of cyclic esters (lactones) is 1. The van der Waals surface area contributed by atoms with Crippen molar-refractivity contribution in [3.05, 3.63) is 29.3 Å². The molecule has 1 atom stereocenters. The highest BCUT2D eigenvalue weighted by molar-refractivity contribution is 5.92. The van der Waals surface area contributed by atoms with E-state index in [1.54, 1.807) is 13.2 Å². The van der Waals surface area contributed by atoms with Crippen molar-refractivity contribution < 1.29 is 19.0 Å². The predicted octanol–water partition coefficient (Wildman–Crippen LogP) is 3.76. The summed E-state index contributed by atoms with van der Waals surface area (Å²) in [4.78, 5) is 12.1. The van der Waals surface area contributed by atoms with Gasteiger partial charge in [-0.25, -0.2) is 4.79 Å². The van der Waals surface area contributed by atoms with Crippen LogP contribution in [0.4, 0.5) is 0 Å². The van der Waals surface area contributed by atoms with Crippen molar-refractivity contribution in [1.29, 1.82) is 0 Å². The summed E-state index contributed by atoms with van der Waals surface area (Å²) >= 11 is 0. The van der Waals surface area contributed by atoms with Crippen molar-refractivity contribution in [1.82, 2.24) is 0 Å². The molecule has 1 unspecified atom stereocenters. The van der Waals surface area contributed by atoms with E-state index in [2.05, 4.69) is 6.92 Å². The third-order valence-electron chi connectivity index (χ3n) is 3.97. The Kier molecular flexibility index (Phi) is 6.72. The van der Waals surface area contributed by atoms with Crippen LogP contribution in [0.5, 0.6) is 5.75 Å². The average molecular weight is 306 g/mol. The molecule has 22 heavy (non-hydrogen) atoms. The Hall–Kier alpha value is -1.55. The fourth-order valence-corrected chi connectivity index (χ4v) is 2.68. The number of hydrogen-bond acceptors (Lipinski definition) is 4. The van der Waals surface area contributed by atoms with Gasteiger partial charge in [-0.2, -0.15) is 0 Å². The molecule has 1 aliphatic rings. The molecule has 0 aliphatic carbocycles. The number of carbonyl (C=O) groups is 1. The van der Waals surface area contributed by atoms with Crippen molar-refractivity contribution in [2.24, 2.45) is 0 Å². The SMILES string of the molecule is CCCCCOCCCC1Cc2ccc(OC)cc2C(=O)O1. The standard InChI is InChI=1S/C18H26O4/c1-3-4-5-10-21-11-6-7-16-12-14-8-9-15(20-2)13-17(14)18(19)22-16/h8-9,13,16H,3-7,10-12H2,1-2H3. The third-order valence-corrected chi connectivity index (χ3v) is 3.97. The van der Waals surface area contributed by atoms with E-state index >= 15 is 0 Å². The fourth-order valence-electron chi connectivity index (χ4n) is 2.68. The Balaban J connectivity index is 1.75. The van der Waals surface area contributed by atoms with Crippen molar-refractivity contribution >= 4 is 5.97 Å². The van der Waals surface area contributed by atoms with E-state index in [9.17, 15) is 4.79 Å². The molecule has 0 spiro atoms. The summed E-state index contributed by atoms with van der Waals surface area (Å²) in [7, 11) is 1.60. The average Bonchev–Trinajstić information content (AvgIpc) is 2.54. The van der Waals surface area contributed by atoms with E-state index in [-0.39, 0.29) is 12.1 Å². The van der Waals surface area contributed by atoms with Gasteiger partial charge in [0.05, 0.1) is 12.7 Å². The molecule has 0 fully saturated rings. The lowest BCUT2D eigenvalue weighted by Gasteiger charge is -2.25. The highest BCUT2D eigenvalue weighted by Gasteiger charge is 2.26. The van der Waals surface area contributed by atoms with Gasteiger partial charge < -0.3 is 14.2 Å². The lowest BCUT2D eigenvalue weighted by Crippen LogP contribution is -2.28. The minimum atomic E-state index is -0.242. The Morgan fingerprint density at radius 3 is 2.82 bits per heavy atom. The fraction of sp³-hybridized carbons (Fsp3) is 0.611. The summed E-state index contributed by atoms with van der Waals surface area (Å²) in [5.41, 5.74) is 1.68. The van der Waals surface area contributed by atoms with Crippen LogP contribution in [-0.4, -0.2) is 32.4 Å². The number of unbranched alkanes of at least 4 members (excludes halogenated alkanes) is 2. The molecular formula is C18H26O4. The van der Waals surface area contributed by atoms with Crippen LogP contribution in [0.15, 0.2) is 18.2 Å². The van der Waals surface area contributed by atoms with Gasteiger partial charge in [0.15, 0.2) is 0 Å². The van der Waals surface area contributed by atoms with Crippen molar-refractivity contribution in [3.8, 4) is 5.75 Å². The van der Waals surface area contributed by atoms with Crippen LogP contribution in [0.2, 0.25) is 0 Å². The van der Waals surface area contributed by atoms with Gasteiger partial charge in [-0.1, -0.05) is 25.8 Å². The second-order valence-corrected chi connectivity index (χ2v) is 5.72. The first-order valence-electron chi connectivity index (χ1n) is 8.20. The molecule has 0 saturated carbocycles. The van der Waals surface area contributed by atoms with E-state index in [1.807, 2.05) is 12.1 Å². The topological polar surface area (TPSA) is 44.8 Å². The van der Waals surface area contributed by atoms with Crippen molar-refractivity contribution in [2.75, 3.05) is 20.3 Å². The number of methoxy groups -OCH3 is 1. The summed E-state index contributed by atoms with van der Waals surface area (Å²) in [6, 6.07) is 5.61. The molecule has 0 saturated heterocycles. The van der Waals surface area contributed by atoms with Gasteiger partial charge in [0, 0.05) is 19.6 Å². The molecule has 1 aromatic carbocycles. The zero-order valence-corrected chi connectivity index (χ0v) is 13.6. The molecule has 2 rings (SSSR count). The summed E-state index contributed by atoms with van der Waals surface area (Å²) < 4.78 is 16.3. The Bertz CT molecular complexity index is 484. The number of fused-ring (bicyclic) bond motifs is 1. The van der Waals surface area contributed by atoms with E-state index in [0.717, 1.165) is 44.5 Å². The first kappa shape index (κ1) is 16.8. The second-order valence-electron chi connectivity index (χ2n) is 5.72. The van der Waals surface area contributed by atoms with E-state index < -0.39 is 0 Å². The van der Waals surface area contributed by atoms with Gasteiger partial charge in [-0.3, -0.25) is 0 Å². The van der Waals surface area contributed by atoms with Gasteiger partial charge >= 0.3 is 5.97 Å². The van der Waals surface area contributed by atoms with Gasteiger partial charge in [-0.05, 0) is 37.0 Å². The number of ether oxygens (including phenoxy) is 3. The highest BCUT2D eigenvalue weighted by atomic mass is 16.5. The van der Waals surface area contributed by atoms with E-state index in [4.69, 9.17) is 14.2 Å². The maximum Gasteiger partial charge on any atom is 0.338 e. The van der Waals surface area contributed by atoms with Crippen LogP contribution in [0.25, 0.3) is 0 Å². The van der Waals surface area contributed by atoms with E-state index in [0.29, 0.717) is 11.3 Å². The molecule has 0 aromatic heterocycles. The molecule has 0 bridgehead atoms. The molecule has 0 amide bonds. The van der Waals surface area contributed by atoms with Crippen LogP contribution >= 0.6 is 0 Å². The minimum Gasteiger partial charge on any atom is -0.497 e. The first-order chi connectivity index (χ1) is 10.7. The summed E-state index contributed by atoms with van der Waals surface area (Å²) in [6.07, 6.45) is 6.09. The van der Waals surface area contributed by atoms with Crippen LogP contribution in [-0.2, 0) is 15.9 Å². The lowest BCUT2D eigenvalue weighted by molar-refractivity contribution is 0.0204. The molecule has 0 radical (unpaired) electrons. The summed E-state index contributed by atoms with van der Waals surface area (Å²) in [6.45, 7) is 3.76. The van der Waals surface area contributed by atoms with Crippen LogP contribution in [0.1, 0.15) is 54.9 Å². The van der Waals surface area contributed by atoms with Gasteiger partial charge in [0.2, 0.25) is 0 Å². The molecule has 0 N–H and O–H groups in total. The second kappa shape index (κ2) is 8.79. The smallest absolute Gasteiger partial charge is 0.338 e. The van der Waals surface area contributed by atoms with Crippen molar-refractivity contribution in [3.63, 3.8) is 0 Å². The van der Waals surface area contributed by atoms with Crippen LogP contribution in [0.3, 0.4) is 0 Å². The maximum atomic E-state index is 12.1. The van der Waals surface area contributed by atoms with Gasteiger partial charge in [0.25, 0.3) is 0 Å². The number of hydrogen-bond donors (Lipinski definition) is 0. The zero-order chi connectivity index (χ0) is 15.8.